The van der Waals surface area contributed by atoms with Gasteiger partial charge >= 0.3 is 0 Å². The van der Waals surface area contributed by atoms with Gasteiger partial charge in [-0.3, -0.25) is 24.4 Å². The van der Waals surface area contributed by atoms with Crippen LogP contribution >= 0.6 is 0 Å². The van der Waals surface area contributed by atoms with Crippen LogP contribution in [0.5, 0.6) is 0 Å². The number of aryl methyl sites for hydroxylation is 3. The Labute approximate surface area is 838 Å². The van der Waals surface area contributed by atoms with Gasteiger partial charge in [0.15, 0.2) is 5.82 Å². The molecule has 6 heterocycles. The molecule has 3 amide bonds. The number of nitrogens with one attached hydrogen (secondary N) is 2. The van der Waals surface area contributed by atoms with E-state index in [0.717, 1.165) is 212 Å². The third-order valence-electron chi connectivity index (χ3n) is 27.6. The predicted octanol–water partition coefficient (Wildman–Crippen LogP) is 32.5. The minimum atomic E-state index is -0.230. The number of benzene rings is 6. The van der Waals surface area contributed by atoms with E-state index in [9.17, 15) is 14.4 Å². The molecule has 6 aromatic heterocycles. The van der Waals surface area contributed by atoms with Gasteiger partial charge in [0.1, 0.15) is 34.0 Å². The maximum atomic E-state index is 13.4. The molecule has 6 aromatic carbocycles. The van der Waals surface area contributed by atoms with E-state index in [4.69, 9.17) is 30.7 Å². The van der Waals surface area contributed by atoms with Crippen LogP contribution in [0.3, 0.4) is 0 Å². The second kappa shape index (κ2) is 59.2. The molecule has 0 radical (unpaired) electrons. The first-order chi connectivity index (χ1) is 67.3. The van der Waals surface area contributed by atoms with E-state index >= 15 is 0 Å². The summed E-state index contributed by atoms with van der Waals surface area (Å²) >= 11 is 0. The van der Waals surface area contributed by atoms with Gasteiger partial charge in [0.05, 0.1) is 44.5 Å². The lowest BCUT2D eigenvalue weighted by Crippen LogP contribution is -2.45. The maximum Gasteiger partial charge on any atom is 0.223 e. The number of carbonyl (C=O) groups excluding carboxylic acids is 3. The normalized spacial score (nSPS) is 11.9. The van der Waals surface area contributed by atoms with Crippen molar-refractivity contribution in [1.82, 2.24) is 59.1 Å². The van der Waals surface area contributed by atoms with Crippen molar-refractivity contribution in [3.63, 3.8) is 0 Å². The number of hydrogen-bond acceptors (Lipinski definition) is 10. The van der Waals surface area contributed by atoms with Gasteiger partial charge in [-0.2, -0.15) is 0 Å². The van der Waals surface area contributed by atoms with Gasteiger partial charge < -0.3 is 35.0 Å². The van der Waals surface area contributed by atoms with E-state index in [-0.39, 0.29) is 34.1 Å². The average molecular weight is 1890 g/mol. The number of anilines is 1. The number of rotatable bonds is 60. The Hall–Kier alpha value is -9.83. The van der Waals surface area contributed by atoms with Crippen molar-refractivity contribution in [3.8, 4) is 0 Å². The number of nitrogens with two attached hydrogens (primary N) is 1. The quantitative estimate of drug-likeness (QED) is 0.0309. The molecule has 0 saturated heterocycles. The standard InChI is InChI=1S/C42H62N4O.C41H60N4O.C40H59N5O/c1-6-8-10-11-12-13-14-15-16-17-18-19-25-39(47)43-31-33-26-28-34(29-27-33)32-46-38(24-9-7-2)45-40-37(30-42(3,4)5)44-36-23-21-20-22-35(36)41(40)46;1-6-8-10-11-12-13-14-15-16-17-18-24-38(46)42-30-32-25-27-33(28-26-32)31-45-37(23-9-7-2)44-39-36(29-41(3,4)5)43-35-22-20-19-21-34(35)40(39)45;1-6-8-10-11-12-13-14-15-16-17-18-24-36(46)45(40(3,4)5)30-32-27-25-31(26-28-32)29-44-35(23-9-7-2)43-37-38(44)33-21-19-20-22-34(33)42-39(37)41/h20-23,26-29H,6-19,24-25,30-32H2,1-5H3,(H,43,47);19-22,25-28H,6-18,23-24,29-31H2,1-5H3,(H,42,46);19-22,25-28H,6-18,23-24,29-30H2,1-5H3,(H2,41,42). The highest BCUT2D eigenvalue weighted by Crippen LogP contribution is 2.37. The number of nitrogens with zero attached hydrogens (tertiary/aromatic N) is 10. The third kappa shape index (κ3) is 36.9. The van der Waals surface area contributed by atoms with Crippen LogP contribution in [0.1, 0.15) is 442 Å². The number of hydrogen-bond donors (Lipinski definition) is 3. The second-order valence-corrected chi connectivity index (χ2v) is 43.7. The van der Waals surface area contributed by atoms with E-state index in [2.05, 4.69) is 272 Å². The Morgan fingerprint density at radius 3 is 0.878 bits per heavy atom. The Kier molecular flexibility index (Phi) is 47.3. The van der Waals surface area contributed by atoms with Crippen LogP contribution in [0.25, 0.3) is 65.8 Å². The van der Waals surface area contributed by atoms with Gasteiger partial charge in [-0.25, -0.2) is 19.9 Å². The van der Waals surface area contributed by atoms with Gasteiger partial charge in [-0.15, -0.1) is 0 Å². The molecule has 12 aromatic rings. The molecule has 4 N–H and O–H groups in total. The van der Waals surface area contributed by atoms with Crippen LogP contribution in [0.2, 0.25) is 0 Å². The molecule has 0 aliphatic heterocycles. The van der Waals surface area contributed by atoms with Crippen molar-refractivity contribution in [2.24, 2.45) is 10.8 Å². The van der Waals surface area contributed by atoms with Crippen LogP contribution in [0.4, 0.5) is 5.82 Å². The molecule has 0 saturated carbocycles. The van der Waals surface area contributed by atoms with E-state index in [1.165, 1.54) is 218 Å². The predicted molar refractivity (Wildman–Crippen MR) is 590 cm³/mol. The van der Waals surface area contributed by atoms with Crippen molar-refractivity contribution in [1.29, 1.82) is 0 Å². The fourth-order valence-corrected chi connectivity index (χ4v) is 19.6. The summed E-state index contributed by atoms with van der Waals surface area (Å²) in [6, 6.07) is 51.4. The topological polar surface area (TPSA) is 197 Å². The number of amides is 3. The highest BCUT2D eigenvalue weighted by Gasteiger charge is 2.29. The largest absolute Gasteiger partial charge is 0.382 e. The number of pyridine rings is 3. The molecule has 0 spiro atoms. The monoisotopic (exact) mass is 1890 g/mol. The van der Waals surface area contributed by atoms with Gasteiger partial charge in [0.2, 0.25) is 17.7 Å². The van der Waals surface area contributed by atoms with Crippen molar-refractivity contribution in [2.45, 2.75) is 457 Å². The zero-order chi connectivity index (χ0) is 99.2. The molecule has 0 bridgehead atoms. The summed E-state index contributed by atoms with van der Waals surface area (Å²) in [5, 5.41) is 9.70. The molecule has 139 heavy (non-hydrogen) atoms. The van der Waals surface area contributed by atoms with Gasteiger partial charge in [0.25, 0.3) is 0 Å². The minimum Gasteiger partial charge on any atom is -0.382 e. The molecule has 0 unspecified atom stereocenters. The van der Waals surface area contributed by atoms with Crippen molar-refractivity contribution >= 4 is 89.3 Å². The zero-order valence-corrected chi connectivity index (χ0v) is 89.3. The highest BCUT2D eigenvalue weighted by molar-refractivity contribution is 6.07. The first kappa shape index (κ1) is 111. The molecular weight excluding hydrogens is 1710 g/mol. The summed E-state index contributed by atoms with van der Waals surface area (Å²) in [4.78, 5) is 70.9. The summed E-state index contributed by atoms with van der Waals surface area (Å²) in [5.74, 6) is 4.41. The Balaban J connectivity index is 0.000000215. The number of aromatic nitrogens is 9. The lowest BCUT2D eigenvalue weighted by atomic mass is 9.89. The average Bonchev–Trinajstić information content (AvgIpc) is 1.57. The fourth-order valence-electron chi connectivity index (χ4n) is 19.6. The van der Waals surface area contributed by atoms with E-state index in [1.54, 1.807) is 0 Å². The van der Waals surface area contributed by atoms with Gasteiger partial charge in [-0.1, -0.05) is 429 Å². The molecular formula is C123H181N13O3. The smallest absolute Gasteiger partial charge is 0.223 e. The van der Waals surface area contributed by atoms with E-state index < -0.39 is 0 Å². The fraction of sp³-hybridized carbons (Fsp3) is 0.585. The molecule has 756 valence electrons. The zero-order valence-electron chi connectivity index (χ0n) is 89.3. The Morgan fingerprint density at radius 2 is 0.568 bits per heavy atom. The Bertz CT molecular complexity index is 5620. The SMILES string of the molecule is CCCCCCCCCCCCCC(=O)N(Cc1ccc(Cn2c(CCCC)nc3c(N)nc4ccccc4c32)cc1)C(C)(C)C.CCCCCCCCCCCCCC(=O)NCc1ccc(Cn2c(CCCC)nc3c(CC(C)(C)C)nc4ccccc4c32)cc1.CCCCCCCCCCCCCCC(=O)NCc1ccc(Cn2c(CCCC)nc3c(CC(C)(C)C)nc4ccccc4c32)cc1. The number of fused-ring (bicyclic) bond motifs is 9. The molecule has 0 aliphatic rings. The number of para-hydroxylation sites is 3. The molecule has 16 heteroatoms. The van der Waals surface area contributed by atoms with E-state index in [1.807, 2.05) is 12.1 Å². The molecule has 16 nitrogen and oxygen atoms in total. The molecule has 0 aliphatic carbocycles. The van der Waals surface area contributed by atoms with E-state index in [0.29, 0.717) is 51.3 Å². The summed E-state index contributed by atoms with van der Waals surface area (Å²) in [6.07, 6.45) is 57.4. The summed E-state index contributed by atoms with van der Waals surface area (Å²) < 4.78 is 7.21. The molecule has 0 atom stereocenters. The second-order valence-electron chi connectivity index (χ2n) is 43.7. The van der Waals surface area contributed by atoms with Crippen LogP contribution in [-0.2, 0) is 85.8 Å². The number of imidazole rings is 3. The number of carbonyl (C=O) groups is 3. The van der Waals surface area contributed by atoms with Crippen LogP contribution in [-0.4, -0.2) is 71.8 Å². The van der Waals surface area contributed by atoms with Crippen LogP contribution in [0, 0.1) is 10.8 Å². The molecule has 0 fully saturated rings. The first-order valence-electron chi connectivity index (χ1n) is 55.4. The molecule has 12 rings (SSSR count). The minimum absolute atomic E-state index is 0.119. The summed E-state index contributed by atoms with van der Waals surface area (Å²) in [5.41, 5.74) is 25.1. The maximum absolute atomic E-state index is 13.4. The van der Waals surface area contributed by atoms with Gasteiger partial charge in [-0.05, 0) is 135 Å². The first-order valence-corrected chi connectivity index (χ1v) is 55.4. The lowest BCUT2D eigenvalue weighted by Gasteiger charge is -2.36. The van der Waals surface area contributed by atoms with Crippen molar-refractivity contribution in [2.75, 3.05) is 5.73 Å². The van der Waals surface area contributed by atoms with Crippen LogP contribution < -0.4 is 16.4 Å². The van der Waals surface area contributed by atoms with Gasteiger partial charge in [0, 0.05) is 99.5 Å². The highest BCUT2D eigenvalue weighted by atomic mass is 16.2. The lowest BCUT2D eigenvalue weighted by molar-refractivity contribution is -0.137. The van der Waals surface area contributed by atoms with Crippen LogP contribution in [0.15, 0.2) is 146 Å². The third-order valence-corrected chi connectivity index (χ3v) is 27.6. The van der Waals surface area contributed by atoms with Crippen molar-refractivity contribution in [3.05, 3.63) is 208 Å². The number of unbranched alkanes of at least 4 members (excludes halogenated alkanes) is 34. The van der Waals surface area contributed by atoms with Crippen molar-refractivity contribution < 1.29 is 14.4 Å². The summed E-state index contributed by atoms with van der Waals surface area (Å²) in [7, 11) is 0. The number of nitrogen functional groups attached to an aromatic ring is 1. The summed E-state index contributed by atoms with van der Waals surface area (Å²) in [6.45, 7) is 37.6. The Morgan fingerprint density at radius 1 is 0.302 bits per heavy atom.